The zero-order valence-electron chi connectivity index (χ0n) is 8.77. The van der Waals surface area contributed by atoms with Crippen LogP contribution in [0.1, 0.15) is 6.92 Å². The van der Waals surface area contributed by atoms with Crippen LogP contribution in [-0.2, 0) is 11.3 Å². The van der Waals surface area contributed by atoms with Gasteiger partial charge in [0.1, 0.15) is 6.54 Å². The summed E-state index contributed by atoms with van der Waals surface area (Å²) < 4.78 is 0.902. The van der Waals surface area contributed by atoms with Crippen molar-refractivity contribution < 1.29 is 9.90 Å². The Bertz CT molecular complexity index is 474. The molecule has 1 atom stereocenters. The maximum absolute atomic E-state index is 11.3. The van der Waals surface area contributed by atoms with Crippen LogP contribution in [0.4, 0.5) is 0 Å². The maximum Gasteiger partial charge on any atom is 0.265 e. The number of aliphatic hydroxyl groups excluding tert-OH is 1. The minimum absolute atomic E-state index is 0.102. The summed E-state index contributed by atoms with van der Waals surface area (Å²) >= 11 is 0. The Balaban J connectivity index is 2.66. The molecule has 0 radical (unpaired) electrons. The lowest BCUT2D eigenvalue weighted by atomic mass is 10.4. The number of amides is 1. The van der Waals surface area contributed by atoms with Gasteiger partial charge in [0, 0.05) is 18.7 Å². The summed E-state index contributed by atoms with van der Waals surface area (Å²) in [4.78, 5) is 33.4. The van der Waals surface area contributed by atoms with E-state index in [1.807, 2.05) is 0 Å². The van der Waals surface area contributed by atoms with E-state index in [0.29, 0.717) is 0 Å². The van der Waals surface area contributed by atoms with E-state index in [1.165, 1.54) is 6.92 Å². The Labute approximate surface area is 90.7 Å². The second kappa shape index (κ2) is 5.26. The summed E-state index contributed by atoms with van der Waals surface area (Å²) in [6.07, 6.45) is -0.657. The van der Waals surface area contributed by atoms with Crippen LogP contribution < -0.4 is 16.4 Å². The van der Waals surface area contributed by atoms with Crippen molar-refractivity contribution in [2.45, 2.75) is 19.6 Å². The molecule has 1 rings (SSSR count). The molecule has 0 saturated carbocycles. The fourth-order valence-corrected chi connectivity index (χ4v) is 1.04. The van der Waals surface area contributed by atoms with E-state index in [9.17, 15) is 14.4 Å². The summed E-state index contributed by atoms with van der Waals surface area (Å²) in [6, 6.07) is 2.17. The first-order chi connectivity index (χ1) is 7.49. The Morgan fingerprint density at radius 3 is 2.88 bits per heavy atom. The molecule has 0 aliphatic rings. The molecule has 7 heteroatoms. The second-order valence-corrected chi connectivity index (χ2v) is 3.39. The Kier molecular flexibility index (Phi) is 4.01. The van der Waals surface area contributed by atoms with Gasteiger partial charge in [-0.2, -0.15) is 0 Å². The highest BCUT2D eigenvalue weighted by Gasteiger charge is 2.05. The van der Waals surface area contributed by atoms with Gasteiger partial charge in [0.2, 0.25) is 5.91 Å². The smallest absolute Gasteiger partial charge is 0.265 e. The average Bonchev–Trinajstić information content (AvgIpc) is 2.20. The highest BCUT2D eigenvalue weighted by atomic mass is 16.3. The van der Waals surface area contributed by atoms with Crippen LogP contribution in [0.2, 0.25) is 0 Å². The zero-order chi connectivity index (χ0) is 12.1. The molecular weight excluding hydrogens is 214 g/mol. The molecule has 1 aromatic rings. The highest BCUT2D eigenvalue weighted by Crippen LogP contribution is 1.78. The summed E-state index contributed by atoms with van der Waals surface area (Å²) in [5.74, 6) is -0.454. The number of rotatable bonds is 4. The molecule has 0 aliphatic heterocycles. The summed E-state index contributed by atoms with van der Waals surface area (Å²) in [5, 5.41) is 13.6. The highest BCUT2D eigenvalue weighted by molar-refractivity contribution is 5.75. The predicted octanol–water partition coefficient (Wildman–Crippen LogP) is -1.97. The first-order valence-corrected chi connectivity index (χ1v) is 4.74. The topological polar surface area (TPSA) is 104 Å². The standard InChI is InChI=1S/C9H13N3O4/c1-6(13)4-10-8(15)5-12-9(16)3-2-7(14)11-12/h2-3,6,13H,4-5H2,1H3,(H,10,15)(H,11,14)/t6-/m1/s1. The van der Waals surface area contributed by atoms with Gasteiger partial charge < -0.3 is 10.4 Å². The van der Waals surface area contributed by atoms with Gasteiger partial charge in [-0.1, -0.05) is 0 Å². The van der Waals surface area contributed by atoms with E-state index in [1.54, 1.807) is 0 Å². The predicted molar refractivity (Wildman–Crippen MR) is 56.0 cm³/mol. The van der Waals surface area contributed by atoms with Gasteiger partial charge >= 0.3 is 0 Å². The zero-order valence-corrected chi connectivity index (χ0v) is 8.77. The van der Waals surface area contributed by atoms with Crippen molar-refractivity contribution in [2.24, 2.45) is 0 Å². The normalized spacial score (nSPS) is 12.1. The van der Waals surface area contributed by atoms with Crippen molar-refractivity contribution in [3.63, 3.8) is 0 Å². The van der Waals surface area contributed by atoms with Crippen molar-refractivity contribution >= 4 is 5.91 Å². The minimum atomic E-state index is -0.657. The molecule has 7 nitrogen and oxygen atoms in total. The molecule has 1 amide bonds. The molecule has 0 unspecified atom stereocenters. The number of carbonyl (C=O) groups is 1. The molecule has 16 heavy (non-hydrogen) atoms. The molecule has 0 aliphatic carbocycles. The van der Waals surface area contributed by atoms with E-state index in [4.69, 9.17) is 5.11 Å². The minimum Gasteiger partial charge on any atom is -0.392 e. The fraction of sp³-hybridized carbons (Fsp3) is 0.444. The number of aliphatic hydroxyl groups is 1. The first kappa shape index (κ1) is 12.2. The van der Waals surface area contributed by atoms with Gasteiger partial charge in [0.15, 0.2) is 0 Å². The molecule has 1 aromatic heterocycles. The van der Waals surface area contributed by atoms with Crippen LogP contribution in [0.25, 0.3) is 0 Å². The first-order valence-electron chi connectivity index (χ1n) is 4.74. The summed E-state index contributed by atoms with van der Waals surface area (Å²) in [5.41, 5.74) is -0.922. The average molecular weight is 227 g/mol. The van der Waals surface area contributed by atoms with Crippen molar-refractivity contribution in [1.29, 1.82) is 0 Å². The molecule has 0 fully saturated rings. The van der Waals surface area contributed by atoms with Gasteiger partial charge in [-0.3, -0.25) is 19.5 Å². The van der Waals surface area contributed by atoms with Crippen LogP contribution in [0.3, 0.4) is 0 Å². The molecule has 1 heterocycles. The number of carbonyl (C=O) groups excluding carboxylic acids is 1. The molecule has 0 aromatic carbocycles. The van der Waals surface area contributed by atoms with Gasteiger partial charge in [-0.15, -0.1) is 0 Å². The van der Waals surface area contributed by atoms with Crippen molar-refractivity contribution in [2.75, 3.05) is 6.54 Å². The number of aromatic amines is 1. The Morgan fingerprint density at radius 2 is 2.25 bits per heavy atom. The van der Waals surface area contributed by atoms with E-state index in [2.05, 4.69) is 10.4 Å². The number of H-pyrrole nitrogens is 1. The van der Waals surface area contributed by atoms with E-state index < -0.39 is 23.1 Å². The molecular formula is C9H13N3O4. The lowest BCUT2D eigenvalue weighted by Gasteiger charge is -2.07. The van der Waals surface area contributed by atoms with Crippen molar-refractivity contribution in [1.82, 2.24) is 15.1 Å². The monoisotopic (exact) mass is 227 g/mol. The second-order valence-electron chi connectivity index (χ2n) is 3.39. The molecule has 3 N–H and O–H groups in total. The Hall–Kier alpha value is -1.89. The van der Waals surface area contributed by atoms with Gasteiger partial charge in [0.05, 0.1) is 6.10 Å². The number of nitrogens with zero attached hydrogens (tertiary/aromatic N) is 1. The van der Waals surface area contributed by atoms with E-state index in [-0.39, 0.29) is 13.1 Å². The van der Waals surface area contributed by atoms with E-state index >= 15 is 0 Å². The molecule has 0 bridgehead atoms. The number of aromatic nitrogens is 2. The molecule has 0 spiro atoms. The van der Waals surface area contributed by atoms with Crippen LogP contribution in [-0.4, -0.2) is 33.4 Å². The summed E-state index contributed by atoms with van der Waals surface area (Å²) in [6.45, 7) is 1.35. The lowest BCUT2D eigenvalue weighted by Crippen LogP contribution is -2.38. The third kappa shape index (κ3) is 3.70. The van der Waals surface area contributed by atoms with Crippen LogP contribution in [0.15, 0.2) is 21.7 Å². The Morgan fingerprint density at radius 1 is 1.56 bits per heavy atom. The van der Waals surface area contributed by atoms with E-state index in [0.717, 1.165) is 16.8 Å². The third-order valence-electron chi connectivity index (χ3n) is 1.78. The van der Waals surface area contributed by atoms with Gasteiger partial charge in [-0.05, 0) is 6.92 Å². The van der Waals surface area contributed by atoms with Crippen LogP contribution >= 0.6 is 0 Å². The number of nitrogens with one attached hydrogen (secondary N) is 2. The third-order valence-corrected chi connectivity index (χ3v) is 1.78. The van der Waals surface area contributed by atoms with Crippen molar-refractivity contribution in [3.8, 4) is 0 Å². The van der Waals surface area contributed by atoms with Gasteiger partial charge in [0.25, 0.3) is 11.1 Å². The quantitative estimate of drug-likeness (QED) is 0.555. The molecule has 0 saturated heterocycles. The van der Waals surface area contributed by atoms with Crippen molar-refractivity contribution in [3.05, 3.63) is 32.8 Å². The SMILES string of the molecule is C[C@@H](O)CNC(=O)Cn1[nH]c(=O)ccc1=O. The number of hydrogen-bond acceptors (Lipinski definition) is 4. The van der Waals surface area contributed by atoms with Crippen LogP contribution in [0, 0.1) is 0 Å². The maximum atomic E-state index is 11.3. The fourth-order valence-electron chi connectivity index (χ4n) is 1.04. The largest absolute Gasteiger partial charge is 0.392 e. The van der Waals surface area contributed by atoms with Crippen LogP contribution in [0.5, 0.6) is 0 Å². The molecule has 88 valence electrons. The van der Waals surface area contributed by atoms with Gasteiger partial charge in [-0.25, -0.2) is 4.68 Å². The lowest BCUT2D eigenvalue weighted by molar-refractivity contribution is -0.122. The number of hydrogen-bond donors (Lipinski definition) is 3. The summed E-state index contributed by atoms with van der Waals surface area (Å²) in [7, 11) is 0.